The van der Waals surface area contributed by atoms with Gasteiger partial charge in [-0.2, -0.15) is 0 Å². The fourth-order valence-corrected chi connectivity index (χ4v) is 3.82. The van der Waals surface area contributed by atoms with Crippen molar-refractivity contribution in [2.75, 3.05) is 0 Å². The fraction of sp³-hybridized carbons (Fsp3) is 0.0500. The van der Waals surface area contributed by atoms with E-state index in [1.165, 1.54) is 22.2 Å². The van der Waals surface area contributed by atoms with E-state index in [2.05, 4.69) is 4.98 Å². The summed E-state index contributed by atoms with van der Waals surface area (Å²) in [5.74, 6) is -0.165. The molecule has 0 amide bonds. The summed E-state index contributed by atoms with van der Waals surface area (Å²) < 4.78 is 1.36. The van der Waals surface area contributed by atoms with Crippen molar-refractivity contribution in [1.82, 2.24) is 9.55 Å². The molecule has 128 valence electrons. The van der Waals surface area contributed by atoms with Crippen LogP contribution in [0.5, 0.6) is 0 Å². The number of benzene rings is 2. The van der Waals surface area contributed by atoms with Crippen LogP contribution in [0.4, 0.5) is 0 Å². The van der Waals surface area contributed by atoms with E-state index in [4.69, 9.17) is 11.6 Å². The Morgan fingerprint density at radius 3 is 2.54 bits per heavy atom. The summed E-state index contributed by atoms with van der Waals surface area (Å²) in [6, 6.07) is 16.3. The molecule has 6 heteroatoms. The Bertz CT molecular complexity index is 1150. The second kappa shape index (κ2) is 6.86. The lowest BCUT2D eigenvalue weighted by Crippen LogP contribution is -2.24. The number of hydrogen-bond acceptors (Lipinski definition) is 4. The lowest BCUT2D eigenvalue weighted by atomic mass is 10.1. The maximum Gasteiger partial charge on any atom is 0.263 e. The highest BCUT2D eigenvalue weighted by Gasteiger charge is 2.15. The highest BCUT2D eigenvalue weighted by atomic mass is 35.5. The molecule has 2 heterocycles. The number of thiophene rings is 1. The Morgan fingerprint density at radius 1 is 1.08 bits per heavy atom. The first kappa shape index (κ1) is 16.7. The number of carbonyl (C=O) groups is 1. The molecule has 4 nitrogen and oxygen atoms in total. The number of carbonyl (C=O) groups excluding carboxylic acids is 1. The molecule has 0 fully saturated rings. The first-order chi connectivity index (χ1) is 12.6. The Balaban J connectivity index is 1.75. The van der Waals surface area contributed by atoms with Crippen LogP contribution in [0, 0.1) is 0 Å². The molecule has 0 aliphatic heterocycles. The van der Waals surface area contributed by atoms with Gasteiger partial charge in [-0.3, -0.25) is 14.2 Å². The first-order valence-corrected chi connectivity index (χ1v) is 9.20. The van der Waals surface area contributed by atoms with Crippen LogP contribution in [0.1, 0.15) is 10.4 Å². The van der Waals surface area contributed by atoms with Crippen molar-refractivity contribution in [2.45, 2.75) is 6.54 Å². The molecule has 0 unspecified atom stereocenters. The molecule has 0 saturated carbocycles. The van der Waals surface area contributed by atoms with E-state index in [1.54, 1.807) is 24.3 Å². The van der Waals surface area contributed by atoms with Gasteiger partial charge in [0.2, 0.25) is 0 Å². The summed E-state index contributed by atoms with van der Waals surface area (Å²) >= 11 is 7.28. The second-order valence-electron chi connectivity index (χ2n) is 5.80. The first-order valence-electron chi connectivity index (χ1n) is 7.94. The average Bonchev–Trinajstić information content (AvgIpc) is 3.10. The van der Waals surface area contributed by atoms with Gasteiger partial charge >= 0.3 is 0 Å². The predicted octanol–water partition coefficient (Wildman–Crippen LogP) is 4.66. The van der Waals surface area contributed by atoms with E-state index in [0.29, 0.717) is 20.8 Å². The van der Waals surface area contributed by atoms with Gasteiger partial charge in [0.1, 0.15) is 4.83 Å². The van der Waals surface area contributed by atoms with Crippen molar-refractivity contribution in [3.63, 3.8) is 0 Å². The number of halogens is 1. The zero-order chi connectivity index (χ0) is 18.1. The zero-order valence-corrected chi connectivity index (χ0v) is 15.1. The highest BCUT2D eigenvalue weighted by Crippen LogP contribution is 2.30. The van der Waals surface area contributed by atoms with Crippen LogP contribution < -0.4 is 5.56 Å². The van der Waals surface area contributed by atoms with Crippen LogP contribution in [0.25, 0.3) is 21.3 Å². The number of Topliss-reactive ketones (excluding diaryl/α,β-unsaturated/α-hetero) is 1. The van der Waals surface area contributed by atoms with E-state index < -0.39 is 0 Å². The van der Waals surface area contributed by atoms with Gasteiger partial charge in [-0.1, -0.05) is 41.9 Å². The van der Waals surface area contributed by atoms with Crippen molar-refractivity contribution < 1.29 is 4.79 Å². The maximum absolute atomic E-state index is 13.0. The largest absolute Gasteiger partial charge is 0.292 e. The molecule has 2 aromatic carbocycles. The number of nitrogens with zero attached hydrogens (tertiary/aromatic N) is 2. The minimum absolute atomic E-state index is 0.0620. The molecule has 0 radical (unpaired) electrons. The second-order valence-corrected chi connectivity index (χ2v) is 7.10. The van der Waals surface area contributed by atoms with Crippen LogP contribution in [-0.4, -0.2) is 15.3 Å². The van der Waals surface area contributed by atoms with Crippen molar-refractivity contribution in [1.29, 1.82) is 0 Å². The minimum Gasteiger partial charge on any atom is -0.292 e. The van der Waals surface area contributed by atoms with Crippen LogP contribution in [-0.2, 0) is 6.54 Å². The molecule has 0 aliphatic carbocycles. The molecule has 0 N–H and O–H groups in total. The standard InChI is InChI=1S/C20H13ClN2O2S/c21-15-8-6-14(7-9-15)17(24)10-23-12-22-19-18(20(23)25)16(11-26-19)13-4-2-1-3-5-13/h1-9,11-12H,10H2. The topological polar surface area (TPSA) is 52.0 Å². The van der Waals surface area contributed by atoms with E-state index in [0.717, 1.165) is 11.1 Å². The van der Waals surface area contributed by atoms with Crippen molar-refractivity contribution in [2.24, 2.45) is 0 Å². The van der Waals surface area contributed by atoms with Gasteiger partial charge in [0.05, 0.1) is 18.3 Å². The molecule has 4 rings (SSSR count). The molecular weight excluding hydrogens is 368 g/mol. The van der Waals surface area contributed by atoms with Crippen molar-refractivity contribution >= 4 is 38.9 Å². The van der Waals surface area contributed by atoms with Crippen molar-refractivity contribution in [3.8, 4) is 11.1 Å². The van der Waals surface area contributed by atoms with Crippen LogP contribution in [0.3, 0.4) is 0 Å². The van der Waals surface area contributed by atoms with E-state index in [9.17, 15) is 9.59 Å². The zero-order valence-electron chi connectivity index (χ0n) is 13.6. The monoisotopic (exact) mass is 380 g/mol. The van der Waals surface area contributed by atoms with Gasteiger partial charge in [0.25, 0.3) is 5.56 Å². The number of ketones is 1. The van der Waals surface area contributed by atoms with Gasteiger partial charge in [-0.25, -0.2) is 4.98 Å². The van der Waals surface area contributed by atoms with Gasteiger partial charge in [0, 0.05) is 21.5 Å². The molecular formula is C20H13ClN2O2S. The molecule has 26 heavy (non-hydrogen) atoms. The van der Waals surface area contributed by atoms with Gasteiger partial charge < -0.3 is 0 Å². The normalized spacial score (nSPS) is 11.0. The molecule has 0 saturated heterocycles. The van der Waals surface area contributed by atoms with Gasteiger partial charge in [-0.15, -0.1) is 11.3 Å². The SMILES string of the molecule is O=C(Cn1cnc2scc(-c3ccccc3)c2c1=O)c1ccc(Cl)cc1. The lowest BCUT2D eigenvalue weighted by Gasteiger charge is -2.06. The average molecular weight is 381 g/mol. The summed E-state index contributed by atoms with van der Waals surface area (Å²) in [5, 5.41) is 3.04. The van der Waals surface area contributed by atoms with Crippen LogP contribution in [0.15, 0.2) is 71.1 Å². The van der Waals surface area contributed by atoms with E-state index >= 15 is 0 Å². The molecule has 4 aromatic rings. The summed E-state index contributed by atoms with van der Waals surface area (Å²) in [6.45, 7) is -0.0620. The third kappa shape index (κ3) is 3.07. The van der Waals surface area contributed by atoms with Crippen LogP contribution >= 0.6 is 22.9 Å². The number of hydrogen-bond donors (Lipinski definition) is 0. The highest BCUT2D eigenvalue weighted by molar-refractivity contribution is 7.17. The summed E-state index contributed by atoms with van der Waals surface area (Å²) in [6.07, 6.45) is 1.43. The number of aromatic nitrogens is 2. The summed E-state index contributed by atoms with van der Waals surface area (Å²) in [5.41, 5.74) is 2.10. The number of rotatable bonds is 4. The van der Waals surface area contributed by atoms with Crippen molar-refractivity contribution in [3.05, 3.63) is 87.2 Å². The quantitative estimate of drug-likeness (QED) is 0.484. The smallest absolute Gasteiger partial charge is 0.263 e. The third-order valence-corrected chi connectivity index (χ3v) is 5.26. The third-order valence-electron chi connectivity index (χ3n) is 4.13. The van der Waals surface area contributed by atoms with E-state index in [-0.39, 0.29) is 17.9 Å². The molecule has 2 aromatic heterocycles. The van der Waals surface area contributed by atoms with Crippen LogP contribution in [0.2, 0.25) is 5.02 Å². The van der Waals surface area contributed by atoms with Gasteiger partial charge in [0.15, 0.2) is 5.78 Å². The molecule has 0 spiro atoms. The fourth-order valence-electron chi connectivity index (χ4n) is 2.79. The van der Waals surface area contributed by atoms with E-state index in [1.807, 2.05) is 35.7 Å². The van der Waals surface area contributed by atoms with Gasteiger partial charge in [-0.05, 0) is 29.8 Å². The lowest BCUT2D eigenvalue weighted by molar-refractivity contribution is 0.0970. The summed E-state index contributed by atoms with van der Waals surface area (Å²) in [7, 11) is 0. The Kier molecular flexibility index (Phi) is 4.41. The Morgan fingerprint density at radius 2 is 1.81 bits per heavy atom. The number of fused-ring (bicyclic) bond motifs is 1. The maximum atomic E-state index is 13.0. The molecule has 0 aliphatic rings. The molecule has 0 atom stereocenters. The predicted molar refractivity (Wildman–Crippen MR) is 105 cm³/mol. The Hall–Kier alpha value is -2.76. The minimum atomic E-state index is -0.211. The summed E-state index contributed by atoms with van der Waals surface area (Å²) in [4.78, 5) is 30.5. The Labute approximate surface area is 158 Å². The molecule has 0 bridgehead atoms.